The Balaban J connectivity index is 1.49. The SMILES string of the molecule is CCC(=O)N(CC(=O)Nc1ccc(N2CCN(C(=O)Nc3cccc(C)c3)CC2)cc1)C(C)C. The molecule has 8 nitrogen and oxygen atoms in total. The van der Waals surface area contributed by atoms with Crippen LogP contribution < -0.4 is 15.5 Å². The van der Waals surface area contributed by atoms with E-state index in [2.05, 4.69) is 15.5 Å². The maximum absolute atomic E-state index is 12.6. The van der Waals surface area contributed by atoms with Crippen molar-refractivity contribution in [2.24, 2.45) is 0 Å². The second-order valence-corrected chi connectivity index (χ2v) is 8.84. The fourth-order valence-corrected chi connectivity index (χ4v) is 3.97. The Morgan fingerprint density at radius 3 is 2.21 bits per heavy atom. The number of rotatable bonds is 7. The van der Waals surface area contributed by atoms with Crippen LogP contribution in [0.2, 0.25) is 0 Å². The summed E-state index contributed by atoms with van der Waals surface area (Å²) in [5.41, 5.74) is 3.65. The van der Waals surface area contributed by atoms with Gasteiger partial charge in [-0.1, -0.05) is 19.1 Å². The molecule has 8 heteroatoms. The van der Waals surface area contributed by atoms with Crippen LogP contribution in [0.25, 0.3) is 0 Å². The minimum Gasteiger partial charge on any atom is -0.368 e. The van der Waals surface area contributed by atoms with Crippen molar-refractivity contribution in [3.63, 3.8) is 0 Å². The summed E-state index contributed by atoms with van der Waals surface area (Å²) < 4.78 is 0. The van der Waals surface area contributed by atoms with Crippen LogP contribution in [0.4, 0.5) is 21.9 Å². The molecule has 0 radical (unpaired) electrons. The van der Waals surface area contributed by atoms with Gasteiger partial charge in [0, 0.05) is 55.7 Å². The summed E-state index contributed by atoms with van der Waals surface area (Å²) >= 11 is 0. The number of anilines is 3. The topological polar surface area (TPSA) is 85.0 Å². The Morgan fingerprint density at radius 2 is 1.62 bits per heavy atom. The van der Waals surface area contributed by atoms with Gasteiger partial charge in [-0.05, 0) is 62.7 Å². The van der Waals surface area contributed by atoms with Gasteiger partial charge in [-0.3, -0.25) is 9.59 Å². The third-order valence-electron chi connectivity index (χ3n) is 5.91. The van der Waals surface area contributed by atoms with E-state index in [1.165, 1.54) is 0 Å². The van der Waals surface area contributed by atoms with E-state index < -0.39 is 0 Å². The molecule has 0 bridgehead atoms. The molecule has 1 aliphatic rings. The van der Waals surface area contributed by atoms with Gasteiger partial charge in [-0.2, -0.15) is 0 Å². The van der Waals surface area contributed by atoms with Gasteiger partial charge in [0.1, 0.15) is 6.54 Å². The number of nitrogens with one attached hydrogen (secondary N) is 2. The predicted octanol–water partition coefficient (Wildman–Crippen LogP) is 3.93. The van der Waals surface area contributed by atoms with Crippen molar-refractivity contribution in [1.29, 1.82) is 0 Å². The summed E-state index contributed by atoms with van der Waals surface area (Å²) in [5.74, 6) is -0.247. The highest BCUT2D eigenvalue weighted by atomic mass is 16.2. The van der Waals surface area contributed by atoms with E-state index in [0.717, 1.165) is 30.0 Å². The molecule has 3 rings (SSSR count). The van der Waals surface area contributed by atoms with Crippen molar-refractivity contribution in [2.45, 2.75) is 40.2 Å². The number of hydrogen-bond donors (Lipinski definition) is 2. The highest BCUT2D eigenvalue weighted by Gasteiger charge is 2.22. The molecular formula is C26H35N5O3. The molecule has 34 heavy (non-hydrogen) atoms. The number of hydrogen-bond acceptors (Lipinski definition) is 4. The highest BCUT2D eigenvalue weighted by molar-refractivity contribution is 5.94. The van der Waals surface area contributed by atoms with Gasteiger partial charge in [0.15, 0.2) is 0 Å². The van der Waals surface area contributed by atoms with Gasteiger partial charge >= 0.3 is 6.03 Å². The number of carbonyl (C=O) groups is 3. The summed E-state index contributed by atoms with van der Waals surface area (Å²) in [5, 5.41) is 5.84. The third kappa shape index (κ3) is 6.73. The predicted molar refractivity (Wildman–Crippen MR) is 136 cm³/mol. The molecule has 1 fully saturated rings. The number of benzene rings is 2. The van der Waals surface area contributed by atoms with Gasteiger partial charge in [0.2, 0.25) is 11.8 Å². The summed E-state index contributed by atoms with van der Waals surface area (Å²) in [7, 11) is 0. The molecule has 2 aromatic rings. The van der Waals surface area contributed by atoms with Crippen molar-refractivity contribution in [3.8, 4) is 0 Å². The average Bonchev–Trinajstić information content (AvgIpc) is 2.82. The van der Waals surface area contributed by atoms with E-state index in [0.29, 0.717) is 25.2 Å². The van der Waals surface area contributed by atoms with E-state index >= 15 is 0 Å². The van der Waals surface area contributed by atoms with E-state index in [1.807, 2.05) is 74.2 Å². The van der Waals surface area contributed by atoms with E-state index in [4.69, 9.17) is 0 Å². The van der Waals surface area contributed by atoms with E-state index in [-0.39, 0.29) is 30.4 Å². The number of urea groups is 1. The lowest BCUT2D eigenvalue weighted by Gasteiger charge is -2.36. The summed E-state index contributed by atoms with van der Waals surface area (Å²) in [4.78, 5) is 42.7. The third-order valence-corrected chi connectivity index (χ3v) is 5.91. The maximum Gasteiger partial charge on any atom is 0.321 e. The largest absolute Gasteiger partial charge is 0.368 e. The van der Waals surface area contributed by atoms with Crippen LogP contribution in [0.3, 0.4) is 0 Å². The molecule has 4 amide bonds. The Kier molecular flexibility index (Phi) is 8.51. The van der Waals surface area contributed by atoms with Gasteiger partial charge in [-0.15, -0.1) is 0 Å². The van der Waals surface area contributed by atoms with Crippen molar-refractivity contribution in [2.75, 3.05) is 48.3 Å². The van der Waals surface area contributed by atoms with E-state index in [1.54, 1.807) is 11.8 Å². The summed E-state index contributed by atoms with van der Waals surface area (Å²) in [6.07, 6.45) is 0.376. The Hall–Kier alpha value is -3.55. The number of aryl methyl sites for hydroxylation is 1. The van der Waals surface area contributed by atoms with Crippen LogP contribution in [0.5, 0.6) is 0 Å². The van der Waals surface area contributed by atoms with Gasteiger partial charge < -0.3 is 25.3 Å². The average molecular weight is 466 g/mol. The van der Waals surface area contributed by atoms with Crippen LogP contribution in [0.15, 0.2) is 48.5 Å². The first-order valence-electron chi connectivity index (χ1n) is 11.8. The van der Waals surface area contributed by atoms with Crippen LogP contribution in [-0.4, -0.2) is 66.4 Å². The number of carbonyl (C=O) groups excluding carboxylic acids is 3. The fraction of sp³-hybridized carbons (Fsp3) is 0.423. The van der Waals surface area contributed by atoms with E-state index in [9.17, 15) is 14.4 Å². The number of amides is 4. The normalized spacial score (nSPS) is 13.6. The van der Waals surface area contributed by atoms with Crippen molar-refractivity contribution in [1.82, 2.24) is 9.80 Å². The van der Waals surface area contributed by atoms with Crippen LogP contribution in [0, 0.1) is 6.92 Å². The zero-order valence-electron chi connectivity index (χ0n) is 20.5. The molecule has 0 atom stereocenters. The quantitative estimate of drug-likeness (QED) is 0.649. The first-order valence-corrected chi connectivity index (χ1v) is 11.8. The minimum absolute atomic E-state index is 0.0295. The Labute approximate surface area is 201 Å². The lowest BCUT2D eigenvalue weighted by atomic mass is 10.2. The lowest BCUT2D eigenvalue weighted by molar-refractivity contribution is -0.136. The second-order valence-electron chi connectivity index (χ2n) is 8.84. The maximum atomic E-state index is 12.6. The molecule has 1 heterocycles. The van der Waals surface area contributed by atoms with Gasteiger partial charge in [-0.25, -0.2) is 4.79 Å². The molecule has 182 valence electrons. The standard InChI is InChI=1S/C26H35N5O3/c1-5-25(33)31(19(2)3)18-24(32)27-21-9-11-23(12-10-21)29-13-15-30(16-14-29)26(34)28-22-8-6-7-20(4)17-22/h6-12,17,19H,5,13-16,18H2,1-4H3,(H,27,32)(H,28,34). The monoisotopic (exact) mass is 465 g/mol. The molecule has 0 spiro atoms. The molecular weight excluding hydrogens is 430 g/mol. The van der Waals surface area contributed by atoms with Crippen LogP contribution >= 0.6 is 0 Å². The first kappa shape index (κ1) is 25.1. The van der Waals surface area contributed by atoms with Crippen molar-refractivity contribution in [3.05, 3.63) is 54.1 Å². The highest BCUT2D eigenvalue weighted by Crippen LogP contribution is 2.20. The van der Waals surface area contributed by atoms with Gasteiger partial charge in [0.25, 0.3) is 0 Å². The Morgan fingerprint density at radius 1 is 0.941 bits per heavy atom. The molecule has 0 aromatic heterocycles. The lowest BCUT2D eigenvalue weighted by Crippen LogP contribution is -2.50. The van der Waals surface area contributed by atoms with Crippen LogP contribution in [0.1, 0.15) is 32.8 Å². The molecule has 0 unspecified atom stereocenters. The van der Waals surface area contributed by atoms with Crippen molar-refractivity contribution >= 4 is 34.9 Å². The second kappa shape index (κ2) is 11.5. The molecule has 0 saturated carbocycles. The molecule has 1 aliphatic heterocycles. The summed E-state index contributed by atoms with van der Waals surface area (Å²) in [6.45, 7) is 10.4. The fourth-order valence-electron chi connectivity index (χ4n) is 3.97. The molecule has 1 saturated heterocycles. The van der Waals surface area contributed by atoms with Crippen LogP contribution in [-0.2, 0) is 9.59 Å². The molecule has 2 aromatic carbocycles. The minimum atomic E-state index is -0.212. The number of nitrogens with zero attached hydrogens (tertiary/aromatic N) is 3. The molecule has 2 N–H and O–H groups in total. The molecule has 0 aliphatic carbocycles. The number of piperazine rings is 1. The zero-order valence-corrected chi connectivity index (χ0v) is 20.5. The summed E-state index contributed by atoms with van der Waals surface area (Å²) in [6, 6.07) is 15.3. The Bertz CT molecular complexity index is 998. The first-order chi connectivity index (χ1) is 16.3. The smallest absolute Gasteiger partial charge is 0.321 e. The zero-order chi connectivity index (χ0) is 24.7. The van der Waals surface area contributed by atoms with Crippen molar-refractivity contribution < 1.29 is 14.4 Å². The van der Waals surface area contributed by atoms with Gasteiger partial charge in [0.05, 0.1) is 0 Å².